The summed E-state index contributed by atoms with van der Waals surface area (Å²) in [6.45, 7) is 6.05. The summed E-state index contributed by atoms with van der Waals surface area (Å²) in [5.74, 6) is 0.287. The van der Waals surface area contributed by atoms with Gasteiger partial charge >= 0.3 is 0 Å². The van der Waals surface area contributed by atoms with Crippen LogP contribution in [0.4, 0.5) is 0 Å². The van der Waals surface area contributed by atoms with E-state index in [2.05, 4.69) is 19.2 Å². The topological polar surface area (TPSA) is 49.4 Å². The Bertz CT molecular complexity index is 310. The molecule has 0 aromatic rings. The van der Waals surface area contributed by atoms with Crippen LogP contribution in [0.2, 0.25) is 0 Å². The molecule has 3 unspecified atom stereocenters. The quantitative estimate of drug-likeness (QED) is 0.527. The molecule has 0 aromatic heterocycles. The fraction of sp³-hybridized carbons (Fsp3) is 0.857. The molecule has 18 heavy (non-hydrogen) atoms. The minimum Gasteiger partial charge on any atom is -0.314 e. The smallest absolute Gasteiger partial charge is 0.233 e. The second-order valence-electron chi connectivity index (χ2n) is 5.63. The van der Waals surface area contributed by atoms with Crippen molar-refractivity contribution in [1.82, 2.24) is 10.2 Å². The summed E-state index contributed by atoms with van der Waals surface area (Å²) in [6, 6.07) is 0.531. The van der Waals surface area contributed by atoms with Crippen molar-refractivity contribution in [2.45, 2.75) is 52.0 Å². The molecule has 4 nitrogen and oxygen atoms in total. The summed E-state index contributed by atoms with van der Waals surface area (Å²) in [4.78, 5) is 24.9. The van der Waals surface area contributed by atoms with Crippen LogP contribution in [0.25, 0.3) is 0 Å². The summed E-state index contributed by atoms with van der Waals surface area (Å²) >= 11 is 0. The van der Waals surface area contributed by atoms with E-state index in [1.54, 1.807) is 0 Å². The zero-order chi connectivity index (χ0) is 13.1. The summed E-state index contributed by atoms with van der Waals surface area (Å²) in [5, 5.41) is 3.44. The van der Waals surface area contributed by atoms with Crippen molar-refractivity contribution in [2.75, 3.05) is 13.1 Å². The van der Waals surface area contributed by atoms with Crippen LogP contribution in [0.15, 0.2) is 0 Å². The van der Waals surface area contributed by atoms with Gasteiger partial charge in [-0.25, -0.2) is 0 Å². The maximum Gasteiger partial charge on any atom is 0.233 e. The van der Waals surface area contributed by atoms with E-state index in [0.717, 1.165) is 38.6 Å². The highest BCUT2D eigenvalue weighted by Crippen LogP contribution is 2.46. The molecule has 0 radical (unpaired) electrons. The molecule has 1 saturated carbocycles. The number of carbonyl (C=O) groups is 2. The molecule has 2 amide bonds. The van der Waals surface area contributed by atoms with E-state index >= 15 is 0 Å². The number of unbranched alkanes of at least 4 members (excludes halogenated alkanes) is 1. The molecule has 0 bridgehead atoms. The fourth-order valence-electron chi connectivity index (χ4n) is 2.68. The molecule has 2 aliphatic rings. The molecule has 1 saturated heterocycles. The van der Waals surface area contributed by atoms with E-state index in [0.29, 0.717) is 12.6 Å². The maximum atomic E-state index is 11.7. The lowest BCUT2D eigenvalue weighted by atomic mass is 10.1. The molecule has 4 heteroatoms. The highest BCUT2D eigenvalue weighted by molar-refractivity contribution is 6.08. The van der Waals surface area contributed by atoms with E-state index in [1.165, 1.54) is 4.90 Å². The summed E-state index contributed by atoms with van der Waals surface area (Å²) < 4.78 is 0. The van der Waals surface area contributed by atoms with Crippen molar-refractivity contribution in [1.29, 1.82) is 0 Å². The van der Waals surface area contributed by atoms with E-state index in [9.17, 15) is 9.59 Å². The van der Waals surface area contributed by atoms with E-state index < -0.39 is 0 Å². The molecule has 2 fully saturated rings. The van der Waals surface area contributed by atoms with Crippen LogP contribution in [0.3, 0.4) is 0 Å². The highest BCUT2D eigenvalue weighted by atomic mass is 16.2. The van der Waals surface area contributed by atoms with Gasteiger partial charge < -0.3 is 5.32 Å². The number of nitrogens with zero attached hydrogens (tertiary/aromatic N) is 1. The number of likely N-dealkylation sites (tertiary alicyclic amines) is 1. The van der Waals surface area contributed by atoms with E-state index in [4.69, 9.17) is 0 Å². The van der Waals surface area contributed by atoms with Crippen LogP contribution in [0, 0.1) is 11.8 Å². The molecule has 102 valence electrons. The Morgan fingerprint density at radius 2 is 1.94 bits per heavy atom. The van der Waals surface area contributed by atoms with Crippen molar-refractivity contribution in [3.63, 3.8) is 0 Å². The average Bonchev–Trinajstić information content (AvgIpc) is 3.10. The number of rotatable bonds is 8. The molecule has 1 N–H and O–H groups in total. The van der Waals surface area contributed by atoms with Gasteiger partial charge in [0.05, 0.1) is 11.8 Å². The molecule has 1 aliphatic heterocycles. The van der Waals surface area contributed by atoms with Crippen molar-refractivity contribution in [3.05, 3.63) is 0 Å². The summed E-state index contributed by atoms with van der Waals surface area (Å²) in [7, 11) is 0. The first-order valence-electron chi connectivity index (χ1n) is 7.23. The van der Waals surface area contributed by atoms with E-state index in [-0.39, 0.29) is 23.7 Å². The average molecular weight is 252 g/mol. The summed E-state index contributed by atoms with van der Waals surface area (Å²) in [6.07, 6.45) is 5.10. The molecule has 0 spiro atoms. The Hall–Kier alpha value is -0.900. The molecule has 2 rings (SSSR count). The number of hydrogen-bond donors (Lipinski definition) is 1. The first kappa shape index (κ1) is 13.5. The van der Waals surface area contributed by atoms with Crippen LogP contribution in [-0.4, -0.2) is 35.8 Å². The molecule has 1 aliphatic carbocycles. The first-order valence-corrected chi connectivity index (χ1v) is 7.23. The second-order valence-corrected chi connectivity index (χ2v) is 5.63. The summed E-state index contributed by atoms with van der Waals surface area (Å²) in [5.41, 5.74) is 0. The largest absolute Gasteiger partial charge is 0.314 e. The Morgan fingerprint density at radius 1 is 1.28 bits per heavy atom. The van der Waals surface area contributed by atoms with Gasteiger partial charge in [-0.2, -0.15) is 0 Å². The number of piperidine rings is 1. The van der Waals surface area contributed by atoms with Crippen LogP contribution in [-0.2, 0) is 9.59 Å². The molecular weight excluding hydrogens is 228 g/mol. The number of nitrogens with one attached hydrogen (secondary N) is 1. The van der Waals surface area contributed by atoms with Gasteiger partial charge in [-0.1, -0.05) is 13.3 Å². The van der Waals surface area contributed by atoms with Crippen LogP contribution < -0.4 is 5.32 Å². The Kier molecular flexibility index (Phi) is 4.38. The van der Waals surface area contributed by atoms with Crippen molar-refractivity contribution in [2.24, 2.45) is 11.8 Å². The maximum absolute atomic E-state index is 11.7. The standard InChI is InChI=1S/C14H24N2O2/c1-3-7-15-10(2)6-4-5-8-16-13(17)11-9-12(11)14(16)18/h10-12,15H,3-9H2,1-2H3. The second kappa shape index (κ2) is 5.83. The first-order chi connectivity index (χ1) is 8.65. The number of fused-ring (bicyclic) bond motifs is 1. The van der Waals surface area contributed by atoms with Crippen LogP contribution in [0.1, 0.15) is 46.0 Å². The lowest BCUT2D eigenvalue weighted by molar-refractivity contribution is -0.141. The van der Waals surface area contributed by atoms with Crippen molar-refractivity contribution < 1.29 is 9.59 Å². The van der Waals surface area contributed by atoms with Gasteiger partial charge in [-0.3, -0.25) is 14.5 Å². The van der Waals surface area contributed by atoms with Crippen molar-refractivity contribution in [3.8, 4) is 0 Å². The van der Waals surface area contributed by atoms with Gasteiger partial charge in [0.15, 0.2) is 0 Å². The SMILES string of the molecule is CCCNC(C)CCCCN1C(=O)C2CC2C1=O. The van der Waals surface area contributed by atoms with E-state index in [1.807, 2.05) is 0 Å². The lowest BCUT2D eigenvalue weighted by Gasteiger charge is -2.17. The number of carbonyl (C=O) groups excluding carboxylic acids is 2. The normalized spacial score (nSPS) is 27.6. The molecule has 3 atom stereocenters. The van der Waals surface area contributed by atoms with Crippen LogP contribution >= 0.6 is 0 Å². The monoisotopic (exact) mass is 252 g/mol. The van der Waals surface area contributed by atoms with Gasteiger partial charge in [0.2, 0.25) is 11.8 Å². The zero-order valence-corrected chi connectivity index (χ0v) is 11.4. The van der Waals surface area contributed by atoms with Gasteiger partial charge in [0.1, 0.15) is 0 Å². The Balaban J connectivity index is 1.58. The number of amides is 2. The Morgan fingerprint density at radius 3 is 2.56 bits per heavy atom. The zero-order valence-electron chi connectivity index (χ0n) is 11.4. The van der Waals surface area contributed by atoms with Gasteiger partial charge in [0, 0.05) is 12.6 Å². The molecule has 1 heterocycles. The third kappa shape index (κ3) is 2.91. The highest BCUT2D eigenvalue weighted by Gasteiger charge is 2.58. The predicted octanol–water partition coefficient (Wildman–Crippen LogP) is 1.55. The van der Waals surface area contributed by atoms with Gasteiger partial charge in [-0.15, -0.1) is 0 Å². The minimum atomic E-state index is 0.0580. The van der Waals surface area contributed by atoms with Gasteiger partial charge in [0.25, 0.3) is 0 Å². The predicted molar refractivity (Wildman–Crippen MR) is 69.9 cm³/mol. The third-order valence-electron chi connectivity index (χ3n) is 3.97. The van der Waals surface area contributed by atoms with Crippen LogP contribution in [0.5, 0.6) is 0 Å². The third-order valence-corrected chi connectivity index (χ3v) is 3.97. The number of imide groups is 1. The Labute approximate surface area is 109 Å². The van der Waals surface area contributed by atoms with Crippen molar-refractivity contribution >= 4 is 11.8 Å². The number of hydrogen-bond acceptors (Lipinski definition) is 3. The van der Waals surface area contributed by atoms with Gasteiger partial charge in [-0.05, 0) is 39.2 Å². The fourth-order valence-corrected chi connectivity index (χ4v) is 2.68. The molecular formula is C14H24N2O2. The minimum absolute atomic E-state index is 0.0580. The molecule has 0 aromatic carbocycles. The lowest BCUT2D eigenvalue weighted by Crippen LogP contribution is -2.34.